The normalized spacial score (nSPS) is 12.7. The van der Waals surface area contributed by atoms with Gasteiger partial charge in [0.2, 0.25) is 12.3 Å². The number of aromatic nitrogens is 2. The number of rotatable bonds is 4. The molecule has 0 amide bonds. The Kier molecular flexibility index (Phi) is 3.65. The Morgan fingerprint density at radius 1 is 1.22 bits per heavy atom. The third-order valence-corrected chi connectivity index (χ3v) is 3.22. The van der Waals surface area contributed by atoms with Crippen molar-refractivity contribution in [3.05, 3.63) is 30.2 Å². The first-order valence-corrected chi connectivity index (χ1v) is 6.21. The topological polar surface area (TPSA) is 51.0 Å². The molecule has 1 N–H and O–H groups in total. The summed E-state index contributed by atoms with van der Waals surface area (Å²) in [5, 5.41) is 11.1. The largest absolute Gasteiger partial charge is 0.423 e. The summed E-state index contributed by atoms with van der Waals surface area (Å²) in [6, 6.07) is 6.56. The van der Waals surface area contributed by atoms with E-state index in [4.69, 9.17) is 4.42 Å². The standard InChI is InChI=1S/C14H19N3O/c1-9(2)11(4)16-13-6-5-12(7-10(13)3)14-17-15-8-18-14/h5-9,11,16H,1-4H3. The molecular formula is C14H19N3O. The summed E-state index contributed by atoms with van der Waals surface area (Å²) >= 11 is 0. The van der Waals surface area contributed by atoms with Crippen LogP contribution in [-0.2, 0) is 0 Å². The Labute approximate surface area is 107 Å². The first-order chi connectivity index (χ1) is 8.58. The van der Waals surface area contributed by atoms with Crippen LogP contribution < -0.4 is 5.32 Å². The van der Waals surface area contributed by atoms with Gasteiger partial charge in [-0.3, -0.25) is 0 Å². The summed E-state index contributed by atoms with van der Waals surface area (Å²) in [5.41, 5.74) is 3.28. The minimum Gasteiger partial charge on any atom is -0.423 e. The zero-order valence-electron chi connectivity index (χ0n) is 11.3. The van der Waals surface area contributed by atoms with Crippen molar-refractivity contribution in [1.29, 1.82) is 0 Å². The van der Waals surface area contributed by atoms with Gasteiger partial charge in [0.15, 0.2) is 0 Å². The summed E-state index contributed by atoms with van der Waals surface area (Å²) in [6.07, 6.45) is 1.34. The smallest absolute Gasteiger partial charge is 0.247 e. The minimum atomic E-state index is 0.443. The molecule has 0 aliphatic carbocycles. The van der Waals surface area contributed by atoms with Crippen LogP contribution in [0.3, 0.4) is 0 Å². The van der Waals surface area contributed by atoms with E-state index < -0.39 is 0 Å². The second-order valence-corrected chi connectivity index (χ2v) is 4.95. The molecule has 0 bridgehead atoms. The van der Waals surface area contributed by atoms with E-state index in [1.165, 1.54) is 12.0 Å². The van der Waals surface area contributed by atoms with Crippen molar-refractivity contribution in [2.45, 2.75) is 33.7 Å². The zero-order chi connectivity index (χ0) is 13.1. The highest BCUT2D eigenvalue weighted by molar-refractivity contribution is 5.62. The predicted octanol–water partition coefficient (Wildman–Crippen LogP) is 3.50. The lowest BCUT2D eigenvalue weighted by molar-refractivity contribution is 0.559. The number of nitrogens with one attached hydrogen (secondary N) is 1. The third kappa shape index (κ3) is 2.70. The summed E-state index contributed by atoms with van der Waals surface area (Å²) in [6.45, 7) is 8.69. The second-order valence-electron chi connectivity index (χ2n) is 4.95. The van der Waals surface area contributed by atoms with Gasteiger partial charge in [0.1, 0.15) is 0 Å². The van der Waals surface area contributed by atoms with Gasteiger partial charge in [0.05, 0.1) is 0 Å². The number of hydrogen-bond donors (Lipinski definition) is 1. The molecule has 18 heavy (non-hydrogen) atoms. The second kappa shape index (κ2) is 5.21. The van der Waals surface area contributed by atoms with Crippen LogP contribution in [-0.4, -0.2) is 16.2 Å². The predicted molar refractivity (Wildman–Crippen MR) is 72.4 cm³/mol. The highest BCUT2D eigenvalue weighted by Gasteiger charge is 2.10. The average molecular weight is 245 g/mol. The first kappa shape index (κ1) is 12.6. The van der Waals surface area contributed by atoms with Crippen molar-refractivity contribution >= 4 is 5.69 Å². The average Bonchev–Trinajstić information content (AvgIpc) is 2.85. The highest BCUT2D eigenvalue weighted by Crippen LogP contribution is 2.24. The number of aryl methyl sites for hydroxylation is 1. The summed E-state index contributed by atoms with van der Waals surface area (Å²) in [4.78, 5) is 0. The van der Waals surface area contributed by atoms with Crippen molar-refractivity contribution in [2.75, 3.05) is 5.32 Å². The molecule has 1 aromatic heterocycles. The quantitative estimate of drug-likeness (QED) is 0.895. The summed E-state index contributed by atoms with van der Waals surface area (Å²) < 4.78 is 5.19. The molecule has 0 fully saturated rings. The fraction of sp³-hybridized carbons (Fsp3) is 0.429. The van der Waals surface area contributed by atoms with E-state index >= 15 is 0 Å². The van der Waals surface area contributed by atoms with Gasteiger partial charge in [-0.2, -0.15) is 0 Å². The summed E-state index contributed by atoms with van der Waals surface area (Å²) in [5.74, 6) is 1.15. The van der Waals surface area contributed by atoms with Crippen molar-refractivity contribution in [3.63, 3.8) is 0 Å². The van der Waals surface area contributed by atoms with Crippen LogP contribution in [0, 0.1) is 12.8 Å². The number of hydrogen-bond acceptors (Lipinski definition) is 4. The van der Waals surface area contributed by atoms with Crippen LogP contribution in [0.2, 0.25) is 0 Å². The van der Waals surface area contributed by atoms with Gasteiger partial charge in [-0.1, -0.05) is 13.8 Å². The lowest BCUT2D eigenvalue weighted by Crippen LogP contribution is -2.21. The number of anilines is 1. The molecule has 96 valence electrons. The number of nitrogens with zero attached hydrogens (tertiary/aromatic N) is 2. The van der Waals surface area contributed by atoms with E-state index in [0.29, 0.717) is 17.9 Å². The fourth-order valence-corrected chi connectivity index (χ4v) is 1.67. The first-order valence-electron chi connectivity index (χ1n) is 6.21. The van der Waals surface area contributed by atoms with Crippen molar-refractivity contribution in [1.82, 2.24) is 10.2 Å². The van der Waals surface area contributed by atoms with E-state index in [1.807, 2.05) is 6.07 Å². The van der Waals surface area contributed by atoms with Crippen LogP contribution in [0.25, 0.3) is 11.5 Å². The van der Waals surface area contributed by atoms with E-state index in [-0.39, 0.29) is 0 Å². The van der Waals surface area contributed by atoms with Crippen molar-refractivity contribution in [3.8, 4) is 11.5 Å². The Balaban J connectivity index is 2.20. The molecule has 1 heterocycles. The lowest BCUT2D eigenvalue weighted by atomic mass is 10.0. The molecule has 0 radical (unpaired) electrons. The fourth-order valence-electron chi connectivity index (χ4n) is 1.67. The van der Waals surface area contributed by atoms with Crippen molar-refractivity contribution in [2.24, 2.45) is 5.92 Å². The van der Waals surface area contributed by atoms with Crippen molar-refractivity contribution < 1.29 is 4.42 Å². The van der Waals surface area contributed by atoms with Crippen LogP contribution in [0.1, 0.15) is 26.3 Å². The SMILES string of the molecule is Cc1cc(-c2nnco2)ccc1NC(C)C(C)C. The molecule has 0 spiro atoms. The molecule has 2 rings (SSSR count). The molecule has 1 unspecified atom stereocenters. The molecule has 4 nitrogen and oxygen atoms in total. The molecule has 2 aromatic rings. The maximum atomic E-state index is 5.19. The van der Waals surface area contributed by atoms with Crippen LogP contribution in [0.15, 0.2) is 29.0 Å². The van der Waals surface area contributed by atoms with Gasteiger partial charge in [0.25, 0.3) is 0 Å². The Bertz CT molecular complexity index is 506. The lowest BCUT2D eigenvalue weighted by Gasteiger charge is -2.20. The Hall–Kier alpha value is -1.84. The molecule has 0 saturated carbocycles. The molecule has 0 aliphatic heterocycles. The van der Waals surface area contributed by atoms with Gasteiger partial charge in [-0.15, -0.1) is 10.2 Å². The molecule has 1 aromatic carbocycles. The zero-order valence-corrected chi connectivity index (χ0v) is 11.3. The maximum absolute atomic E-state index is 5.19. The van der Waals surface area contributed by atoms with Gasteiger partial charge < -0.3 is 9.73 Å². The van der Waals surface area contributed by atoms with Gasteiger partial charge in [-0.25, -0.2) is 0 Å². The highest BCUT2D eigenvalue weighted by atomic mass is 16.4. The van der Waals surface area contributed by atoms with E-state index in [2.05, 4.69) is 55.3 Å². The van der Waals surface area contributed by atoms with Gasteiger partial charge in [-0.05, 0) is 43.5 Å². The monoisotopic (exact) mass is 245 g/mol. The molecule has 4 heteroatoms. The van der Waals surface area contributed by atoms with E-state index in [0.717, 1.165) is 11.3 Å². The van der Waals surface area contributed by atoms with E-state index in [9.17, 15) is 0 Å². The van der Waals surface area contributed by atoms with E-state index in [1.54, 1.807) is 0 Å². The Morgan fingerprint density at radius 2 is 2.00 bits per heavy atom. The molecular weight excluding hydrogens is 226 g/mol. The van der Waals surface area contributed by atoms with Gasteiger partial charge >= 0.3 is 0 Å². The van der Waals surface area contributed by atoms with Crippen LogP contribution >= 0.6 is 0 Å². The molecule has 0 saturated heterocycles. The third-order valence-electron chi connectivity index (χ3n) is 3.22. The summed E-state index contributed by atoms with van der Waals surface area (Å²) in [7, 11) is 0. The van der Waals surface area contributed by atoms with Crippen LogP contribution in [0.4, 0.5) is 5.69 Å². The molecule has 1 atom stereocenters. The maximum Gasteiger partial charge on any atom is 0.247 e. The number of benzene rings is 1. The molecule has 0 aliphatic rings. The Morgan fingerprint density at radius 3 is 2.56 bits per heavy atom. The van der Waals surface area contributed by atoms with Crippen LogP contribution in [0.5, 0.6) is 0 Å². The van der Waals surface area contributed by atoms with Gasteiger partial charge in [0, 0.05) is 17.3 Å². The minimum absolute atomic E-state index is 0.443.